The number of ether oxygens (including phenoxy) is 1. The van der Waals surface area contributed by atoms with E-state index >= 15 is 0 Å². The van der Waals surface area contributed by atoms with Gasteiger partial charge in [0, 0.05) is 11.6 Å². The molecule has 0 saturated heterocycles. The smallest absolute Gasteiger partial charge is 0.333 e. The van der Waals surface area contributed by atoms with Crippen molar-refractivity contribution in [3.8, 4) is 17.2 Å². The third-order valence-electron chi connectivity index (χ3n) is 3.71. The summed E-state index contributed by atoms with van der Waals surface area (Å²) in [5.74, 6) is -2.39. The number of aromatic hydroxyl groups is 3. The highest BCUT2D eigenvalue weighted by molar-refractivity contribution is 6.00. The van der Waals surface area contributed by atoms with E-state index < -0.39 is 34.6 Å². The topological polar surface area (TPSA) is 104 Å². The summed E-state index contributed by atoms with van der Waals surface area (Å²) < 4.78 is 5.38. The van der Waals surface area contributed by atoms with E-state index in [0.717, 1.165) is 12.1 Å². The van der Waals surface area contributed by atoms with Gasteiger partial charge in [0.05, 0.1) is 12.0 Å². The van der Waals surface area contributed by atoms with Crippen LogP contribution in [-0.2, 0) is 9.53 Å². The van der Waals surface area contributed by atoms with E-state index in [-0.39, 0.29) is 12.0 Å². The molecule has 1 aliphatic rings. The van der Waals surface area contributed by atoms with E-state index in [1.165, 1.54) is 0 Å². The Morgan fingerprint density at radius 3 is 2.55 bits per heavy atom. The van der Waals surface area contributed by atoms with Crippen LogP contribution in [0.4, 0.5) is 0 Å². The number of Topliss-reactive ketones (excluding diaryl/α,β-unsaturated/α-hetero) is 1. The molecule has 2 rings (SSSR count). The fourth-order valence-electron chi connectivity index (χ4n) is 2.38. The number of ketones is 1. The van der Waals surface area contributed by atoms with Crippen molar-refractivity contribution in [3.05, 3.63) is 29.3 Å². The molecule has 118 valence electrons. The van der Waals surface area contributed by atoms with Gasteiger partial charge in [0.2, 0.25) is 0 Å². The molecule has 0 bridgehead atoms. The van der Waals surface area contributed by atoms with Crippen molar-refractivity contribution in [2.24, 2.45) is 0 Å². The maximum atomic E-state index is 12.3. The summed E-state index contributed by atoms with van der Waals surface area (Å²) in [5, 5.41) is 28.5. The van der Waals surface area contributed by atoms with Gasteiger partial charge < -0.3 is 20.1 Å². The first-order chi connectivity index (χ1) is 10.2. The Bertz CT molecular complexity index is 661. The second kappa shape index (κ2) is 5.71. The zero-order valence-corrected chi connectivity index (χ0v) is 12.4. The van der Waals surface area contributed by atoms with Crippen LogP contribution in [0.25, 0.3) is 0 Å². The minimum Gasteiger partial charge on any atom is -0.507 e. The molecular formula is C16H18O6. The maximum Gasteiger partial charge on any atom is 0.333 e. The average Bonchev–Trinajstić information content (AvgIpc) is 2.53. The predicted molar refractivity (Wildman–Crippen MR) is 77.9 cm³/mol. The Hall–Kier alpha value is -2.50. The van der Waals surface area contributed by atoms with Crippen molar-refractivity contribution < 1.29 is 29.6 Å². The highest BCUT2D eigenvalue weighted by Gasteiger charge is 2.34. The number of hydrogen-bond acceptors (Lipinski definition) is 6. The first-order valence-corrected chi connectivity index (χ1v) is 6.90. The molecule has 0 amide bonds. The molecule has 3 N–H and O–H groups in total. The van der Waals surface area contributed by atoms with Crippen LogP contribution >= 0.6 is 0 Å². The number of cyclic esters (lactones) is 1. The number of phenolic OH excluding ortho intramolecular Hbond substituents is 3. The molecule has 22 heavy (non-hydrogen) atoms. The van der Waals surface area contributed by atoms with Crippen molar-refractivity contribution >= 4 is 11.8 Å². The van der Waals surface area contributed by atoms with Crippen molar-refractivity contribution in [3.63, 3.8) is 0 Å². The first kappa shape index (κ1) is 15.9. The molecule has 0 spiro atoms. The van der Waals surface area contributed by atoms with E-state index in [9.17, 15) is 24.9 Å². The fourth-order valence-corrected chi connectivity index (χ4v) is 2.38. The van der Waals surface area contributed by atoms with Gasteiger partial charge in [-0.15, -0.1) is 0 Å². The molecule has 6 heteroatoms. The van der Waals surface area contributed by atoms with Crippen molar-refractivity contribution in [2.75, 3.05) is 0 Å². The Morgan fingerprint density at radius 1 is 1.23 bits per heavy atom. The molecule has 0 radical (unpaired) electrons. The molecular weight excluding hydrogens is 288 g/mol. The van der Waals surface area contributed by atoms with Gasteiger partial charge in [-0.1, -0.05) is 6.08 Å². The summed E-state index contributed by atoms with van der Waals surface area (Å²) >= 11 is 0. The molecule has 1 aromatic carbocycles. The number of carbonyl (C=O) groups is 2. The number of rotatable bonds is 3. The highest BCUT2D eigenvalue weighted by atomic mass is 16.6. The maximum absolute atomic E-state index is 12.3. The predicted octanol–water partition coefficient (Wildman–Crippen LogP) is 2.42. The van der Waals surface area contributed by atoms with Gasteiger partial charge in [-0.05, 0) is 32.8 Å². The Morgan fingerprint density at radius 2 is 1.86 bits per heavy atom. The number of benzene rings is 1. The van der Waals surface area contributed by atoms with Crippen LogP contribution in [0, 0.1) is 0 Å². The number of hydrogen-bond donors (Lipinski definition) is 3. The summed E-state index contributed by atoms with van der Waals surface area (Å²) in [6.45, 7) is 3.31. The molecule has 0 saturated carbocycles. The van der Waals surface area contributed by atoms with Gasteiger partial charge >= 0.3 is 5.97 Å². The second-order valence-electron chi connectivity index (χ2n) is 5.72. The van der Waals surface area contributed by atoms with Gasteiger partial charge in [-0.25, -0.2) is 4.79 Å². The Kier molecular flexibility index (Phi) is 4.12. The standard InChI is InChI=1S/C16H18O6/c1-9-4-3-5-16(2,22-15(9)21)8-14(20)10-6-12(18)13(19)7-11(10)17/h4,6-7,17-19H,3,5,8H2,1-2H3. The minimum absolute atomic E-state index is 0.124. The second-order valence-corrected chi connectivity index (χ2v) is 5.72. The SMILES string of the molecule is CC1=CCCC(C)(CC(=O)c2cc(O)c(O)cc2O)OC1=O. The van der Waals surface area contributed by atoms with Gasteiger partial charge in [0.1, 0.15) is 11.4 Å². The van der Waals surface area contributed by atoms with Crippen molar-refractivity contribution in [1.82, 2.24) is 0 Å². The molecule has 1 heterocycles. The van der Waals surface area contributed by atoms with Gasteiger partial charge in [-0.2, -0.15) is 0 Å². The molecule has 1 aliphatic heterocycles. The van der Waals surface area contributed by atoms with Crippen LogP contribution < -0.4 is 0 Å². The lowest BCUT2D eigenvalue weighted by molar-refractivity contribution is -0.152. The zero-order valence-electron chi connectivity index (χ0n) is 12.4. The largest absolute Gasteiger partial charge is 0.507 e. The number of phenols is 3. The minimum atomic E-state index is -0.984. The van der Waals surface area contributed by atoms with Crippen molar-refractivity contribution in [2.45, 2.75) is 38.7 Å². The lowest BCUT2D eigenvalue weighted by Gasteiger charge is -2.27. The van der Waals surface area contributed by atoms with Crippen LogP contribution in [0.3, 0.4) is 0 Å². The molecule has 6 nitrogen and oxygen atoms in total. The quantitative estimate of drug-likeness (QED) is 0.343. The normalized spacial score (nSPS) is 21.7. The summed E-state index contributed by atoms with van der Waals surface area (Å²) in [5.41, 5.74) is -0.606. The van der Waals surface area contributed by atoms with Crippen LogP contribution in [0.15, 0.2) is 23.8 Å². The Balaban J connectivity index is 2.21. The third kappa shape index (κ3) is 3.21. The zero-order chi connectivity index (χ0) is 16.5. The van der Waals surface area contributed by atoms with Crippen LogP contribution in [0.5, 0.6) is 17.2 Å². The summed E-state index contributed by atoms with van der Waals surface area (Å²) in [6, 6.07) is 1.90. The van der Waals surface area contributed by atoms with Gasteiger partial charge in [0.25, 0.3) is 0 Å². The lowest BCUT2D eigenvalue weighted by Crippen LogP contribution is -2.33. The first-order valence-electron chi connectivity index (χ1n) is 6.90. The monoisotopic (exact) mass is 306 g/mol. The van der Waals surface area contributed by atoms with Crippen LogP contribution in [0.2, 0.25) is 0 Å². The molecule has 1 unspecified atom stereocenters. The van der Waals surface area contributed by atoms with E-state index in [2.05, 4.69) is 0 Å². The number of esters is 1. The third-order valence-corrected chi connectivity index (χ3v) is 3.71. The van der Waals surface area contributed by atoms with Crippen LogP contribution in [-0.4, -0.2) is 32.7 Å². The molecule has 1 aromatic rings. The number of allylic oxidation sites excluding steroid dienone is 1. The summed E-state index contributed by atoms with van der Waals surface area (Å²) in [4.78, 5) is 24.1. The molecule has 0 aliphatic carbocycles. The summed E-state index contributed by atoms with van der Waals surface area (Å²) in [6.07, 6.45) is 2.72. The molecule has 0 fully saturated rings. The van der Waals surface area contributed by atoms with Gasteiger partial charge in [-0.3, -0.25) is 4.79 Å². The van der Waals surface area contributed by atoms with Crippen molar-refractivity contribution in [1.29, 1.82) is 0 Å². The highest BCUT2D eigenvalue weighted by Crippen LogP contribution is 2.35. The van der Waals surface area contributed by atoms with Gasteiger partial charge in [0.15, 0.2) is 17.3 Å². The molecule has 1 atom stereocenters. The number of carbonyl (C=O) groups excluding carboxylic acids is 2. The Labute approximate surface area is 127 Å². The fraction of sp³-hybridized carbons (Fsp3) is 0.375. The van der Waals surface area contributed by atoms with E-state index in [4.69, 9.17) is 4.74 Å². The van der Waals surface area contributed by atoms with Crippen LogP contribution in [0.1, 0.15) is 43.5 Å². The van der Waals surface area contributed by atoms with E-state index in [0.29, 0.717) is 18.4 Å². The van der Waals surface area contributed by atoms with E-state index in [1.807, 2.05) is 0 Å². The molecule has 0 aromatic heterocycles. The lowest BCUT2D eigenvalue weighted by atomic mass is 9.91. The summed E-state index contributed by atoms with van der Waals surface area (Å²) in [7, 11) is 0. The van der Waals surface area contributed by atoms with E-state index in [1.54, 1.807) is 19.9 Å². The average molecular weight is 306 g/mol.